The van der Waals surface area contributed by atoms with Gasteiger partial charge in [0.15, 0.2) is 0 Å². The fourth-order valence-corrected chi connectivity index (χ4v) is 4.20. The Labute approximate surface area is 138 Å². The second-order valence-corrected chi connectivity index (χ2v) is 7.37. The molecule has 2 rings (SSSR count). The fourth-order valence-electron chi connectivity index (χ4n) is 3.71. The molecule has 3 nitrogen and oxygen atoms in total. The van der Waals surface area contributed by atoms with Crippen LogP contribution in [0.3, 0.4) is 0 Å². The molecule has 3 atom stereocenters. The number of hydrogen-bond donors (Lipinski definition) is 1. The van der Waals surface area contributed by atoms with Crippen molar-refractivity contribution in [1.82, 2.24) is 15.1 Å². The highest BCUT2D eigenvalue weighted by atomic mass is 79.9. The van der Waals surface area contributed by atoms with Crippen LogP contribution in [0.2, 0.25) is 0 Å². The summed E-state index contributed by atoms with van der Waals surface area (Å²) >= 11 is 3.73. The van der Waals surface area contributed by atoms with E-state index in [9.17, 15) is 0 Å². The van der Waals surface area contributed by atoms with E-state index in [4.69, 9.17) is 0 Å². The Morgan fingerprint density at radius 2 is 2.10 bits per heavy atom. The van der Waals surface area contributed by atoms with E-state index in [2.05, 4.69) is 58.8 Å². The third kappa shape index (κ3) is 4.10. The van der Waals surface area contributed by atoms with Crippen LogP contribution in [0.15, 0.2) is 4.47 Å². The van der Waals surface area contributed by atoms with Gasteiger partial charge in [-0.1, -0.05) is 20.3 Å². The minimum absolute atomic E-state index is 0.676. The largest absolute Gasteiger partial charge is 0.314 e. The highest BCUT2D eigenvalue weighted by Crippen LogP contribution is 2.35. The predicted molar refractivity (Wildman–Crippen MR) is 92.6 cm³/mol. The minimum Gasteiger partial charge on any atom is -0.314 e. The number of aromatic nitrogens is 2. The Morgan fingerprint density at radius 3 is 2.67 bits per heavy atom. The van der Waals surface area contributed by atoms with E-state index >= 15 is 0 Å². The first-order valence-corrected chi connectivity index (χ1v) is 9.27. The Hall–Kier alpha value is -0.350. The van der Waals surface area contributed by atoms with Crippen molar-refractivity contribution in [3.8, 4) is 0 Å². The third-order valence-corrected chi connectivity index (χ3v) is 6.07. The molecule has 0 spiro atoms. The summed E-state index contributed by atoms with van der Waals surface area (Å²) in [5.74, 6) is 1.64. The van der Waals surface area contributed by atoms with Gasteiger partial charge in [0.25, 0.3) is 0 Å². The van der Waals surface area contributed by atoms with Gasteiger partial charge in [0.2, 0.25) is 0 Å². The lowest BCUT2D eigenvalue weighted by Crippen LogP contribution is -2.42. The maximum Gasteiger partial charge on any atom is 0.0738 e. The molecule has 0 aliphatic heterocycles. The molecular weight excluding hydrogens is 326 g/mol. The number of hydrogen-bond acceptors (Lipinski definition) is 2. The summed E-state index contributed by atoms with van der Waals surface area (Å²) in [7, 11) is 2.07. The van der Waals surface area contributed by atoms with Gasteiger partial charge in [0.1, 0.15) is 0 Å². The molecule has 0 radical (unpaired) electrons. The van der Waals surface area contributed by atoms with Crippen molar-refractivity contribution < 1.29 is 0 Å². The summed E-state index contributed by atoms with van der Waals surface area (Å²) in [5.41, 5.74) is 2.46. The van der Waals surface area contributed by atoms with Crippen molar-refractivity contribution in [2.24, 2.45) is 18.9 Å². The minimum atomic E-state index is 0.676. The molecule has 0 bridgehead atoms. The van der Waals surface area contributed by atoms with Crippen molar-refractivity contribution in [1.29, 1.82) is 0 Å². The van der Waals surface area contributed by atoms with Crippen molar-refractivity contribution in [2.75, 3.05) is 6.54 Å². The van der Waals surface area contributed by atoms with Gasteiger partial charge in [-0.25, -0.2) is 0 Å². The van der Waals surface area contributed by atoms with E-state index in [0.29, 0.717) is 6.04 Å². The Morgan fingerprint density at radius 1 is 1.33 bits per heavy atom. The molecule has 120 valence electrons. The average molecular weight is 356 g/mol. The fraction of sp³-hybridized carbons (Fsp3) is 0.824. The first-order chi connectivity index (χ1) is 10.1. The van der Waals surface area contributed by atoms with Gasteiger partial charge in [-0.05, 0) is 73.3 Å². The number of halogens is 1. The summed E-state index contributed by atoms with van der Waals surface area (Å²) < 4.78 is 3.27. The van der Waals surface area contributed by atoms with Crippen LogP contribution >= 0.6 is 15.9 Å². The van der Waals surface area contributed by atoms with Crippen molar-refractivity contribution in [3.63, 3.8) is 0 Å². The van der Waals surface area contributed by atoms with Gasteiger partial charge in [-0.3, -0.25) is 4.68 Å². The van der Waals surface area contributed by atoms with Gasteiger partial charge in [0.05, 0.1) is 15.9 Å². The van der Waals surface area contributed by atoms with Crippen LogP contribution < -0.4 is 5.32 Å². The lowest BCUT2D eigenvalue weighted by molar-refractivity contribution is 0.196. The third-order valence-electron chi connectivity index (χ3n) is 5.04. The SMILES string of the molecule is CCCNC1CCC(CC)CC1Cc1c(Br)c(C)nn1C. The van der Waals surface area contributed by atoms with Gasteiger partial charge in [0, 0.05) is 13.1 Å². The Kier molecular flexibility index (Phi) is 6.30. The standard InChI is InChI=1S/C17H30BrN3/c1-5-9-19-15-8-7-13(6-2)10-14(15)11-16-17(18)12(3)20-21(16)4/h13-15,19H,5-11H2,1-4H3. The molecule has 21 heavy (non-hydrogen) atoms. The van der Waals surface area contributed by atoms with E-state index in [1.165, 1.54) is 42.3 Å². The summed E-state index contributed by atoms with van der Waals surface area (Å²) in [6.45, 7) is 7.81. The molecule has 4 heteroatoms. The summed E-state index contributed by atoms with van der Waals surface area (Å²) in [6, 6.07) is 0.676. The van der Waals surface area contributed by atoms with Crippen LogP contribution in [-0.4, -0.2) is 22.4 Å². The predicted octanol–water partition coefficient (Wildman–Crippen LogP) is 4.23. The first-order valence-electron chi connectivity index (χ1n) is 8.48. The van der Waals surface area contributed by atoms with Crippen molar-refractivity contribution >= 4 is 15.9 Å². The van der Waals surface area contributed by atoms with E-state index in [1.807, 2.05) is 0 Å². The molecule has 3 unspecified atom stereocenters. The average Bonchev–Trinajstić information content (AvgIpc) is 2.72. The van der Waals surface area contributed by atoms with Crippen LogP contribution in [0.4, 0.5) is 0 Å². The normalized spacial score (nSPS) is 26.2. The van der Waals surface area contributed by atoms with Crippen molar-refractivity contribution in [3.05, 3.63) is 15.9 Å². The second kappa shape index (κ2) is 7.77. The molecule has 1 N–H and O–H groups in total. The second-order valence-electron chi connectivity index (χ2n) is 6.58. The lowest BCUT2D eigenvalue weighted by atomic mass is 9.75. The van der Waals surface area contributed by atoms with Gasteiger partial charge in [-0.15, -0.1) is 0 Å². The van der Waals surface area contributed by atoms with Crippen LogP contribution in [0.1, 0.15) is 57.3 Å². The Bertz CT molecular complexity index is 455. The molecule has 0 amide bonds. The molecule has 1 aromatic rings. The van der Waals surface area contributed by atoms with Gasteiger partial charge >= 0.3 is 0 Å². The number of aryl methyl sites for hydroxylation is 2. The summed E-state index contributed by atoms with van der Waals surface area (Å²) in [6.07, 6.45) is 7.75. The van der Waals surface area contributed by atoms with Gasteiger partial charge < -0.3 is 5.32 Å². The van der Waals surface area contributed by atoms with Crippen LogP contribution in [0.25, 0.3) is 0 Å². The quantitative estimate of drug-likeness (QED) is 0.827. The van der Waals surface area contributed by atoms with Crippen molar-refractivity contribution in [2.45, 2.75) is 65.3 Å². The van der Waals surface area contributed by atoms with Crippen LogP contribution in [0.5, 0.6) is 0 Å². The van der Waals surface area contributed by atoms with E-state index in [-0.39, 0.29) is 0 Å². The van der Waals surface area contributed by atoms with Gasteiger partial charge in [-0.2, -0.15) is 5.10 Å². The first kappa shape index (κ1) is 17.0. The highest BCUT2D eigenvalue weighted by molar-refractivity contribution is 9.10. The molecule has 1 fully saturated rings. The molecular formula is C17H30BrN3. The molecule has 1 heterocycles. The molecule has 0 saturated heterocycles. The monoisotopic (exact) mass is 355 g/mol. The maximum atomic E-state index is 4.55. The highest BCUT2D eigenvalue weighted by Gasteiger charge is 2.30. The summed E-state index contributed by atoms with van der Waals surface area (Å²) in [4.78, 5) is 0. The zero-order chi connectivity index (χ0) is 15.4. The van der Waals surface area contributed by atoms with E-state index < -0.39 is 0 Å². The van der Waals surface area contributed by atoms with Crippen LogP contribution in [-0.2, 0) is 13.5 Å². The zero-order valence-electron chi connectivity index (χ0n) is 14.0. The zero-order valence-corrected chi connectivity index (χ0v) is 15.5. The number of rotatable bonds is 6. The number of nitrogens with one attached hydrogen (secondary N) is 1. The smallest absolute Gasteiger partial charge is 0.0738 e. The topological polar surface area (TPSA) is 29.9 Å². The number of nitrogens with zero attached hydrogens (tertiary/aromatic N) is 2. The van der Waals surface area contributed by atoms with E-state index in [1.54, 1.807) is 0 Å². The van der Waals surface area contributed by atoms with Crippen LogP contribution in [0, 0.1) is 18.8 Å². The molecule has 1 aliphatic carbocycles. The lowest BCUT2D eigenvalue weighted by Gasteiger charge is -2.36. The Balaban J connectivity index is 2.11. The molecule has 1 aromatic heterocycles. The molecule has 1 saturated carbocycles. The maximum absolute atomic E-state index is 4.55. The molecule has 0 aromatic carbocycles. The van der Waals surface area contributed by atoms with E-state index in [0.717, 1.165) is 30.5 Å². The summed E-state index contributed by atoms with van der Waals surface area (Å²) in [5, 5.41) is 8.34. The molecule has 1 aliphatic rings.